The van der Waals surface area contributed by atoms with Crippen LogP contribution in [0.4, 0.5) is 4.79 Å². The van der Waals surface area contributed by atoms with Crippen LogP contribution in [0.25, 0.3) is 0 Å². The first kappa shape index (κ1) is 11.9. The third kappa shape index (κ3) is 1.76. The fraction of sp³-hybridized carbons (Fsp3) is 0.875. The molecule has 2 amide bonds. The Morgan fingerprint density at radius 3 is 2.81 bits per heavy atom. The second kappa shape index (κ2) is 4.38. The van der Waals surface area contributed by atoms with E-state index >= 15 is 0 Å². The number of ether oxygens (including phenoxy) is 1. The van der Waals surface area contributed by atoms with Gasteiger partial charge in [-0.15, -0.1) is 0 Å². The molecule has 0 spiro atoms. The van der Waals surface area contributed by atoms with Crippen molar-refractivity contribution in [2.45, 2.75) is 29.7 Å². The molecule has 2 heterocycles. The normalized spacial score (nSPS) is 41.7. The van der Waals surface area contributed by atoms with Crippen molar-refractivity contribution in [3.63, 3.8) is 0 Å². The van der Waals surface area contributed by atoms with Crippen LogP contribution in [0.5, 0.6) is 0 Å². The van der Waals surface area contributed by atoms with Gasteiger partial charge in [0.2, 0.25) is 0 Å². The number of aliphatic hydroxyl groups is 2. The maximum Gasteiger partial charge on any atom is 0.315 e. The van der Waals surface area contributed by atoms with Crippen LogP contribution in [0, 0.1) is 0 Å². The summed E-state index contributed by atoms with van der Waals surface area (Å²) in [5.41, 5.74) is 4.74. The molecule has 0 bridgehead atoms. The predicted molar refractivity (Wildman–Crippen MR) is 55.4 cm³/mol. The molecule has 8 heteroatoms. The molecule has 16 heavy (non-hydrogen) atoms. The monoisotopic (exact) mass is 250 g/mol. The van der Waals surface area contributed by atoms with Crippen molar-refractivity contribution in [3.05, 3.63) is 0 Å². The molecule has 0 radical (unpaired) electrons. The van der Waals surface area contributed by atoms with E-state index in [1.54, 1.807) is 0 Å². The number of hydrogen-bond acceptors (Lipinski definition) is 6. The molecular formula is C8H14N2O5S. The molecule has 92 valence electrons. The maximum absolute atomic E-state index is 11.1. The summed E-state index contributed by atoms with van der Waals surface area (Å²) in [4.78, 5) is 12.4. The zero-order chi connectivity index (χ0) is 11.9. The van der Waals surface area contributed by atoms with Gasteiger partial charge in [-0.2, -0.15) is 0 Å². The van der Waals surface area contributed by atoms with E-state index in [-0.39, 0.29) is 18.7 Å². The lowest BCUT2D eigenvalue weighted by Crippen LogP contribution is -2.45. The van der Waals surface area contributed by atoms with E-state index in [2.05, 4.69) is 0 Å². The smallest absolute Gasteiger partial charge is 0.315 e. The molecule has 0 aromatic carbocycles. The van der Waals surface area contributed by atoms with Crippen LogP contribution in [-0.4, -0.2) is 64.6 Å². The van der Waals surface area contributed by atoms with Gasteiger partial charge >= 0.3 is 6.03 Å². The minimum Gasteiger partial charge on any atom is -0.394 e. The molecule has 5 atom stereocenters. The Kier molecular flexibility index (Phi) is 3.27. The Morgan fingerprint density at radius 2 is 2.31 bits per heavy atom. The summed E-state index contributed by atoms with van der Waals surface area (Å²) in [7, 11) is 1.49. The van der Waals surface area contributed by atoms with Crippen molar-refractivity contribution in [2.75, 3.05) is 13.7 Å². The summed E-state index contributed by atoms with van der Waals surface area (Å²) in [5, 5.41) is 18.8. The molecule has 2 aliphatic rings. The van der Waals surface area contributed by atoms with Crippen molar-refractivity contribution in [1.82, 2.24) is 4.90 Å². The molecule has 2 aliphatic heterocycles. The third-order valence-corrected chi connectivity index (χ3v) is 3.62. The van der Waals surface area contributed by atoms with Gasteiger partial charge in [0.1, 0.15) is 12.2 Å². The molecule has 7 nitrogen and oxygen atoms in total. The lowest BCUT2D eigenvalue weighted by molar-refractivity contribution is -0.0925. The second-order valence-corrected chi connectivity index (χ2v) is 4.70. The van der Waals surface area contributed by atoms with Crippen LogP contribution < -0.4 is 5.73 Å². The van der Waals surface area contributed by atoms with Crippen LogP contribution in [0.2, 0.25) is 0 Å². The van der Waals surface area contributed by atoms with Crippen molar-refractivity contribution in [3.8, 4) is 0 Å². The third-order valence-electron chi connectivity index (χ3n) is 2.85. The van der Waals surface area contributed by atoms with Gasteiger partial charge in [0, 0.05) is 12.0 Å². The van der Waals surface area contributed by atoms with Gasteiger partial charge < -0.3 is 29.8 Å². The van der Waals surface area contributed by atoms with E-state index in [1.807, 2.05) is 0 Å². The largest absolute Gasteiger partial charge is 0.394 e. The fourth-order valence-electron chi connectivity index (χ4n) is 2.10. The summed E-state index contributed by atoms with van der Waals surface area (Å²) < 4.78 is 10.3. The highest BCUT2D eigenvalue weighted by atomic mass is 32.2. The Bertz CT molecular complexity index is 288. The summed E-state index contributed by atoms with van der Waals surface area (Å²) in [6.45, 7) is -0.308. The molecular weight excluding hydrogens is 236 g/mol. The number of rotatable bonds is 3. The summed E-state index contributed by atoms with van der Waals surface area (Å²) >= 11 is 1.05. The molecule has 5 unspecified atom stereocenters. The Hall–Kier alpha value is -0.540. The summed E-state index contributed by atoms with van der Waals surface area (Å²) in [6.07, 6.45) is -1.62. The van der Waals surface area contributed by atoms with Gasteiger partial charge in [0.25, 0.3) is 0 Å². The van der Waals surface area contributed by atoms with Crippen LogP contribution in [0.15, 0.2) is 0 Å². The zero-order valence-corrected chi connectivity index (χ0v) is 9.46. The highest BCUT2D eigenvalue weighted by Gasteiger charge is 2.64. The van der Waals surface area contributed by atoms with Crippen LogP contribution in [0.1, 0.15) is 0 Å². The van der Waals surface area contributed by atoms with E-state index in [4.69, 9.17) is 19.8 Å². The average Bonchev–Trinajstić information content (AvgIpc) is 2.98. The minimum atomic E-state index is -0.906. The lowest BCUT2D eigenvalue weighted by Gasteiger charge is -2.28. The number of nitrogens with zero attached hydrogens (tertiary/aromatic N) is 1. The summed E-state index contributed by atoms with van der Waals surface area (Å²) in [6, 6.07) is -1.26. The number of amides is 2. The molecule has 2 saturated heterocycles. The number of nitrogens with two attached hydrogens (primary N) is 1. The number of urea groups is 1. The Morgan fingerprint density at radius 1 is 1.62 bits per heavy atom. The van der Waals surface area contributed by atoms with Gasteiger partial charge in [-0.05, 0) is 0 Å². The van der Waals surface area contributed by atoms with Crippen molar-refractivity contribution in [1.29, 1.82) is 0 Å². The van der Waals surface area contributed by atoms with Crippen LogP contribution in [-0.2, 0) is 8.92 Å². The molecule has 0 saturated carbocycles. The van der Waals surface area contributed by atoms with Crippen LogP contribution >= 0.6 is 12.0 Å². The number of aliphatic hydroxyl groups excluding tert-OH is 2. The standard InChI is InChI=1S/C8H14N2O5S/c1-14-16-7-5-4(10(5)8(9)13)6(12)3(2-11)15-7/h3-7,11-12H,2H2,1H3,(H2,9,13). The van der Waals surface area contributed by atoms with E-state index in [9.17, 15) is 9.90 Å². The second-order valence-electron chi connectivity index (χ2n) is 3.71. The van der Waals surface area contributed by atoms with Crippen LogP contribution in [0.3, 0.4) is 0 Å². The Balaban J connectivity index is 2.10. The number of hydrogen-bond donors (Lipinski definition) is 3. The molecule has 2 rings (SSSR count). The SMILES string of the molecule is COSC1OC(CO)C(O)C2C1N2C(N)=O. The first-order valence-corrected chi connectivity index (χ1v) is 5.64. The number of fused-ring (bicyclic) bond motifs is 1. The first-order chi connectivity index (χ1) is 7.61. The molecule has 4 N–H and O–H groups in total. The van der Waals surface area contributed by atoms with Gasteiger partial charge in [-0.3, -0.25) is 0 Å². The van der Waals surface area contributed by atoms with Gasteiger partial charge in [0.05, 0.1) is 25.8 Å². The lowest BCUT2D eigenvalue weighted by atomic mass is 10.1. The van der Waals surface area contributed by atoms with Crippen molar-refractivity contribution < 1.29 is 23.9 Å². The van der Waals surface area contributed by atoms with E-state index < -0.39 is 23.7 Å². The fourth-order valence-corrected chi connectivity index (χ4v) is 2.88. The predicted octanol–water partition coefficient (Wildman–Crippen LogP) is -1.51. The summed E-state index contributed by atoms with van der Waals surface area (Å²) in [5.74, 6) is 0. The van der Waals surface area contributed by atoms with E-state index in [1.165, 1.54) is 12.0 Å². The highest BCUT2D eigenvalue weighted by Crippen LogP contribution is 2.44. The van der Waals surface area contributed by atoms with Gasteiger partial charge in [-0.25, -0.2) is 4.79 Å². The van der Waals surface area contributed by atoms with Crippen molar-refractivity contribution >= 4 is 18.1 Å². The minimum absolute atomic E-state index is 0.278. The molecule has 0 aliphatic carbocycles. The van der Waals surface area contributed by atoms with Gasteiger partial charge in [0.15, 0.2) is 5.44 Å². The number of carbonyl (C=O) groups is 1. The van der Waals surface area contributed by atoms with E-state index in [0.717, 1.165) is 12.0 Å². The molecule has 0 aromatic rings. The zero-order valence-electron chi connectivity index (χ0n) is 8.65. The maximum atomic E-state index is 11.1. The quantitative estimate of drug-likeness (QED) is 0.415. The number of carbonyl (C=O) groups excluding carboxylic acids is 1. The van der Waals surface area contributed by atoms with Gasteiger partial charge in [-0.1, -0.05) is 0 Å². The Labute approximate surface area is 96.7 Å². The van der Waals surface area contributed by atoms with E-state index in [0.29, 0.717) is 0 Å². The first-order valence-electron chi connectivity index (χ1n) is 4.83. The van der Waals surface area contributed by atoms with Crippen molar-refractivity contribution in [2.24, 2.45) is 5.73 Å². The topological polar surface area (TPSA) is 105 Å². The average molecular weight is 250 g/mol. The molecule has 0 aromatic heterocycles. The highest BCUT2D eigenvalue weighted by molar-refractivity contribution is 7.95. The molecule has 2 fully saturated rings. The number of primary amides is 1.